The highest BCUT2D eigenvalue weighted by Gasteiger charge is 2.24. The number of ether oxygens (including phenoxy) is 1. The lowest BCUT2D eigenvalue weighted by Crippen LogP contribution is -2.26. The van der Waals surface area contributed by atoms with Crippen molar-refractivity contribution >= 4 is 34.0 Å². The Morgan fingerprint density at radius 2 is 2.41 bits per heavy atom. The molecule has 1 atom stereocenters. The molecular weight excluding hydrogens is 327 g/mol. The highest BCUT2D eigenvalue weighted by Crippen LogP contribution is 2.26. The monoisotopic (exact) mass is 342 g/mol. The molecule has 1 aromatic carbocycles. The van der Waals surface area contributed by atoms with Crippen LogP contribution in [0.15, 0.2) is 18.2 Å². The standard InChI is InChI=1S/C14H16ClFN4OS/c1-21-8-13-18-14(22-19-13)17-9-4-5-20(7-9)10-2-3-11(15)12(16)6-10/h2-3,6,9H,4-5,7-8H2,1H3,(H,17,18,19)/t9-/m1/s1. The predicted octanol–water partition coefficient (Wildman–Crippen LogP) is 3.17. The lowest BCUT2D eigenvalue weighted by atomic mass is 10.3. The molecule has 8 heteroatoms. The molecule has 2 heterocycles. The van der Waals surface area contributed by atoms with Gasteiger partial charge in [-0.3, -0.25) is 0 Å². The van der Waals surface area contributed by atoms with Gasteiger partial charge in [-0.05, 0) is 24.6 Å². The van der Waals surface area contributed by atoms with Crippen molar-refractivity contribution in [2.24, 2.45) is 0 Å². The Morgan fingerprint density at radius 1 is 1.55 bits per heavy atom. The Morgan fingerprint density at radius 3 is 3.18 bits per heavy atom. The maximum atomic E-state index is 13.5. The van der Waals surface area contributed by atoms with Gasteiger partial charge < -0.3 is 15.0 Å². The quantitative estimate of drug-likeness (QED) is 0.904. The number of hydrogen-bond donors (Lipinski definition) is 1. The van der Waals surface area contributed by atoms with Gasteiger partial charge in [0.1, 0.15) is 12.4 Å². The van der Waals surface area contributed by atoms with E-state index in [4.69, 9.17) is 16.3 Å². The molecular formula is C14H16ClFN4OS. The molecule has 1 fully saturated rings. The fourth-order valence-corrected chi connectivity index (χ4v) is 3.24. The molecule has 1 saturated heterocycles. The van der Waals surface area contributed by atoms with Crippen LogP contribution in [0.2, 0.25) is 5.02 Å². The third-order valence-electron chi connectivity index (χ3n) is 3.53. The van der Waals surface area contributed by atoms with Crippen LogP contribution in [-0.4, -0.2) is 35.6 Å². The number of methoxy groups -OCH3 is 1. The van der Waals surface area contributed by atoms with E-state index in [1.807, 2.05) is 6.07 Å². The molecule has 22 heavy (non-hydrogen) atoms. The highest BCUT2D eigenvalue weighted by molar-refractivity contribution is 7.09. The number of benzene rings is 1. The van der Waals surface area contributed by atoms with Crippen LogP contribution in [0.1, 0.15) is 12.2 Å². The van der Waals surface area contributed by atoms with E-state index in [2.05, 4.69) is 19.6 Å². The summed E-state index contributed by atoms with van der Waals surface area (Å²) in [4.78, 5) is 6.50. The summed E-state index contributed by atoms with van der Waals surface area (Å²) in [5, 5.41) is 4.32. The summed E-state index contributed by atoms with van der Waals surface area (Å²) in [5.74, 6) is 0.300. The lowest BCUT2D eigenvalue weighted by molar-refractivity contribution is 0.179. The first kappa shape index (κ1) is 15.5. The van der Waals surface area contributed by atoms with Crippen LogP contribution in [0.4, 0.5) is 15.2 Å². The van der Waals surface area contributed by atoms with Gasteiger partial charge in [-0.2, -0.15) is 4.37 Å². The van der Waals surface area contributed by atoms with E-state index in [0.29, 0.717) is 12.4 Å². The number of anilines is 2. The molecule has 1 aromatic heterocycles. The van der Waals surface area contributed by atoms with E-state index in [9.17, 15) is 4.39 Å². The molecule has 3 rings (SSSR count). The maximum absolute atomic E-state index is 13.5. The Hall–Kier alpha value is -1.44. The number of halogens is 2. The van der Waals surface area contributed by atoms with Crippen molar-refractivity contribution in [3.63, 3.8) is 0 Å². The van der Waals surface area contributed by atoms with Gasteiger partial charge in [0.2, 0.25) is 5.13 Å². The van der Waals surface area contributed by atoms with Crippen LogP contribution >= 0.6 is 23.1 Å². The molecule has 2 aromatic rings. The summed E-state index contributed by atoms with van der Waals surface area (Å²) < 4.78 is 22.8. The Balaban J connectivity index is 1.60. The number of hydrogen-bond acceptors (Lipinski definition) is 6. The molecule has 0 bridgehead atoms. The van der Waals surface area contributed by atoms with Crippen molar-refractivity contribution in [2.45, 2.75) is 19.1 Å². The molecule has 1 N–H and O–H groups in total. The van der Waals surface area contributed by atoms with Crippen molar-refractivity contribution in [3.05, 3.63) is 34.9 Å². The average molecular weight is 343 g/mol. The summed E-state index contributed by atoms with van der Waals surface area (Å²) in [5.41, 5.74) is 0.850. The van der Waals surface area contributed by atoms with E-state index in [-0.39, 0.29) is 16.9 Å². The van der Waals surface area contributed by atoms with Crippen LogP contribution in [-0.2, 0) is 11.3 Å². The third-order valence-corrected chi connectivity index (χ3v) is 4.52. The molecule has 0 spiro atoms. The van der Waals surface area contributed by atoms with Crippen molar-refractivity contribution in [1.29, 1.82) is 0 Å². The zero-order valence-electron chi connectivity index (χ0n) is 12.1. The number of nitrogens with one attached hydrogen (secondary N) is 1. The zero-order chi connectivity index (χ0) is 15.5. The van der Waals surface area contributed by atoms with E-state index in [0.717, 1.165) is 30.3 Å². The summed E-state index contributed by atoms with van der Waals surface area (Å²) >= 11 is 7.05. The number of aromatic nitrogens is 2. The van der Waals surface area contributed by atoms with E-state index in [1.165, 1.54) is 17.6 Å². The van der Waals surface area contributed by atoms with Crippen molar-refractivity contribution in [2.75, 3.05) is 30.4 Å². The van der Waals surface area contributed by atoms with Gasteiger partial charge in [0.15, 0.2) is 5.82 Å². The average Bonchev–Trinajstić information content (AvgIpc) is 3.13. The van der Waals surface area contributed by atoms with Crippen LogP contribution in [0, 0.1) is 5.82 Å². The van der Waals surface area contributed by atoms with Crippen LogP contribution < -0.4 is 10.2 Å². The molecule has 5 nitrogen and oxygen atoms in total. The topological polar surface area (TPSA) is 50.3 Å². The van der Waals surface area contributed by atoms with Crippen LogP contribution in [0.25, 0.3) is 0 Å². The van der Waals surface area contributed by atoms with Crippen LogP contribution in [0.5, 0.6) is 0 Å². The van der Waals surface area contributed by atoms with Crippen molar-refractivity contribution in [3.8, 4) is 0 Å². The molecule has 1 aliphatic heterocycles. The molecule has 0 amide bonds. The largest absolute Gasteiger partial charge is 0.377 e. The Kier molecular flexibility index (Phi) is 4.75. The minimum absolute atomic E-state index is 0.150. The first-order chi connectivity index (χ1) is 10.7. The summed E-state index contributed by atoms with van der Waals surface area (Å²) in [6, 6.07) is 5.18. The maximum Gasteiger partial charge on any atom is 0.202 e. The van der Waals surface area contributed by atoms with E-state index >= 15 is 0 Å². The van der Waals surface area contributed by atoms with Crippen molar-refractivity contribution < 1.29 is 9.13 Å². The first-order valence-electron chi connectivity index (χ1n) is 6.94. The minimum Gasteiger partial charge on any atom is -0.377 e. The van der Waals surface area contributed by atoms with E-state index in [1.54, 1.807) is 13.2 Å². The smallest absolute Gasteiger partial charge is 0.202 e. The molecule has 0 saturated carbocycles. The fourth-order valence-electron chi connectivity index (χ4n) is 2.47. The summed E-state index contributed by atoms with van der Waals surface area (Å²) in [7, 11) is 1.62. The summed E-state index contributed by atoms with van der Waals surface area (Å²) in [6.07, 6.45) is 0.962. The fraction of sp³-hybridized carbons (Fsp3) is 0.429. The lowest BCUT2D eigenvalue weighted by Gasteiger charge is -2.19. The first-order valence-corrected chi connectivity index (χ1v) is 8.09. The zero-order valence-corrected chi connectivity index (χ0v) is 13.6. The van der Waals surface area contributed by atoms with Gasteiger partial charge in [-0.15, -0.1) is 0 Å². The van der Waals surface area contributed by atoms with Gasteiger partial charge >= 0.3 is 0 Å². The number of rotatable bonds is 5. The second-order valence-corrected chi connectivity index (χ2v) is 6.28. The van der Waals surface area contributed by atoms with Crippen molar-refractivity contribution in [1.82, 2.24) is 9.36 Å². The van der Waals surface area contributed by atoms with Crippen LogP contribution in [0.3, 0.4) is 0 Å². The molecule has 0 radical (unpaired) electrons. The van der Waals surface area contributed by atoms with E-state index < -0.39 is 0 Å². The van der Waals surface area contributed by atoms with Gasteiger partial charge in [0, 0.05) is 43.5 Å². The number of nitrogens with zero attached hydrogens (tertiary/aromatic N) is 3. The highest BCUT2D eigenvalue weighted by atomic mass is 35.5. The molecule has 0 aliphatic carbocycles. The minimum atomic E-state index is -0.385. The SMILES string of the molecule is COCc1nsc(N[C@@H]2CCN(c3ccc(Cl)c(F)c3)C2)n1. The normalized spacial score (nSPS) is 18.0. The predicted molar refractivity (Wildman–Crippen MR) is 86.3 cm³/mol. The second-order valence-electron chi connectivity index (χ2n) is 5.12. The molecule has 118 valence electrons. The summed E-state index contributed by atoms with van der Waals surface area (Å²) in [6.45, 7) is 2.07. The van der Waals surface area contributed by atoms with Gasteiger partial charge in [-0.25, -0.2) is 9.37 Å². The second kappa shape index (κ2) is 6.76. The molecule has 0 unspecified atom stereocenters. The van der Waals surface area contributed by atoms with Gasteiger partial charge in [-0.1, -0.05) is 11.6 Å². The van der Waals surface area contributed by atoms with Gasteiger partial charge in [0.05, 0.1) is 5.02 Å². The molecule has 1 aliphatic rings. The Bertz CT molecular complexity index is 654. The van der Waals surface area contributed by atoms with Gasteiger partial charge in [0.25, 0.3) is 0 Å². The third kappa shape index (κ3) is 3.48. The Labute approximate surface area is 137 Å².